The van der Waals surface area contributed by atoms with Crippen molar-refractivity contribution < 1.29 is 14.6 Å². The number of thiazole rings is 1. The van der Waals surface area contributed by atoms with Crippen LogP contribution in [0.25, 0.3) is 0 Å². The van der Waals surface area contributed by atoms with Gasteiger partial charge in [0.25, 0.3) is 0 Å². The number of nitrogens with one attached hydrogen (secondary N) is 1. The molecule has 0 spiro atoms. The van der Waals surface area contributed by atoms with Gasteiger partial charge in [-0.1, -0.05) is 13.8 Å². The van der Waals surface area contributed by atoms with Crippen molar-refractivity contribution in [1.29, 1.82) is 0 Å². The summed E-state index contributed by atoms with van der Waals surface area (Å²) in [7, 11) is 0. The van der Waals surface area contributed by atoms with Crippen molar-refractivity contribution in [3.8, 4) is 5.75 Å². The van der Waals surface area contributed by atoms with E-state index in [-0.39, 0.29) is 18.9 Å². The number of carbonyl (C=O) groups excluding carboxylic acids is 1. The van der Waals surface area contributed by atoms with E-state index >= 15 is 0 Å². The number of nitrogens with zero attached hydrogens (tertiary/aromatic N) is 1. The van der Waals surface area contributed by atoms with Gasteiger partial charge in [0.05, 0.1) is 30.3 Å². The van der Waals surface area contributed by atoms with Crippen LogP contribution in [-0.4, -0.2) is 22.6 Å². The molecule has 2 N–H and O–H groups in total. The molecule has 1 aromatic heterocycles. The molecule has 0 aliphatic heterocycles. The summed E-state index contributed by atoms with van der Waals surface area (Å²) in [5.41, 5.74) is 2.08. The Morgan fingerprint density at radius 1 is 1.43 bits per heavy atom. The summed E-state index contributed by atoms with van der Waals surface area (Å²) in [5.74, 6) is 0.878. The lowest BCUT2D eigenvalue weighted by molar-refractivity contribution is -0.115. The molecule has 6 heteroatoms. The van der Waals surface area contributed by atoms with Gasteiger partial charge in [0.1, 0.15) is 5.75 Å². The maximum Gasteiger partial charge on any atom is 0.230 e. The molecule has 0 saturated heterocycles. The summed E-state index contributed by atoms with van der Waals surface area (Å²) >= 11 is 1.58. The normalized spacial score (nSPS) is 10.8. The van der Waals surface area contributed by atoms with E-state index in [1.165, 1.54) is 0 Å². The van der Waals surface area contributed by atoms with Crippen LogP contribution in [0.5, 0.6) is 5.75 Å². The highest BCUT2D eigenvalue weighted by molar-refractivity contribution is 7.09. The predicted molar refractivity (Wildman–Crippen MR) is 92.1 cm³/mol. The zero-order valence-electron chi connectivity index (χ0n) is 13.6. The molecule has 0 unspecified atom stereocenters. The molecule has 0 radical (unpaired) electrons. The van der Waals surface area contributed by atoms with Crippen molar-refractivity contribution in [3.63, 3.8) is 0 Å². The second-order valence-corrected chi connectivity index (χ2v) is 6.36. The Morgan fingerprint density at radius 3 is 2.83 bits per heavy atom. The smallest absolute Gasteiger partial charge is 0.230 e. The van der Waals surface area contributed by atoms with Gasteiger partial charge >= 0.3 is 0 Å². The van der Waals surface area contributed by atoms with Crippen molar-refractivity contribution in [1.82, 2.24) is 4.98 Å². The fourth-order valence-electron chi connectivity index (χ4n) is 2.12. The number of benzene rings is 1. The van der Waals surface area contributed by atoms with Crippen molar-refractivity contribution in [2.24, 2.45) is 0 Å². The van der Waals surface area contributed by atoms with E-state index < -0.39 is 0 Å². The van der Waals surface area contributed by atoms with Gasteiger partial charge in [0.15, 0.2) is 0 Å². The van der Waals surface area contributed by atoms with Gasteiger partial charge in [0.2, 0.25) is 5.91 Å². The Kier molecular flexibility index (Phi) is 6.12. The topological polar surface area (TPSA) is 71.5 Å². The summed E-state index contributed by atoms with van der Waals surface area (Å²) in [5, 5.41) is 15.2. The molecule has 0 saturated carbocycles. The minimum Gasteiger partial charge on any atom is -0.494 e. The second-order valence-electron chi connectivity index (χ2n) is 5.47. The summed E-state index contributed by atoms with van der Waals surface area (Å²) in [6.45, 7) is 6.44. The molecule has 0 bridgehead atoms. The molecule has 0 atom stereocenters. The van der Waals surface area contributed by atoms with E-state index in [2.05, 4.69) is 24.1 Å². The zero-order chi connectivity index (χ0) is 16.8. The maximum absolute atomic E-state index is 12.1. The monoisotopic (exact) mass is 334 g/mol. The van der Waals surface area contributed by atoms with Crippen LogP contribution in [-0.2, 0) is 17.8 Å². The van der Waals surface area contributed by atoms with E-state index in [0.29, 0.717) is 29.5 Å². The van der Waals surface area contributed by atoms with Crippen molar-refractivity contribution in [2.75, 3.05) is 11.9 Å². The van der Waals surface area contributed by atoms with Gasteiger partial charge in [-0.3, -0.25) is 4.79 Å². The molecular weight excluding hydrogens is 312 g/mol. The van der Waals surface area contributed by atoms with E-state index in [1.807, 2.05) is 12.3 Å². The molecule has 0 fully saturated rings. The first-order valence-corrected chi connectivity index (χ1v) is 8.52. The standard InChI is InChI=1S/C17H22N2O3S/c1-4-22-15-6-5-13(7-12(15)9-20)18-16(21)8-14-10-23-17(19-14)11(2)3/h5-7,10-11,20H,4,8-9H2,1-3H3,(H,18,21). The summed E-state index contributed by atoms with van der Waals surface area (Å²) in [6.07, 6.45) is 0.241. The Labute approximate surface area is 140 Å². The van der Waals surface area contributed by atoms with Gasteiger partial charge in [-0.15, -0.1) is 11.3 Å². The summed E-state index contributed by atoms with van der Waals surface area (Å²) < 4.78 is 5.43. The number of anilines is 1. The molecule has 23 heavy (non-hydrogen) atoms. The Morgan fingerprint density at radius 2 is 2.22 bits per heavy atom. The first-order chi connectivity index (χ1) is 11.0. The number of amides is 1. The molecule has 2 aromatic rings. The van der Waals surface area contributed by atoms with Crippen LogP contribution < -0.4 is 10.1 Å². The van der Waals surface area contributed by atoms with Crippen LogP contribution in [0.4, 0.5) is 5.69 Å². The molecule has 1 aromatic carbocycles. The quantitative estimate of drug-likeness (QED) is 0.814. The SMILES string of the molecule is CCOc1ccc(NC(=O)Cc2csc(C(C)C)n2)cc1CO. The minimum atomic E-state index is -0.136. The lowest BCUT2D eigenvalue weighted by atomic mass is 10.2. The van der Waals surface area contributed by atoms with Gasteiger partial charge in [-0.05, 0) is 25.1 Å². The third-order valence-electron chi connectivity index (χ3n) is 3.22. The molecule has 1 heterocycles. The van der Waals surface area contributed by atoms with Crippen LogP contribution in [0, 0.1) is 0 Å². The second kappa shape index (κ2) is 8.08. The Bertz CT molecular complexity index is 668. The highest BCUT2D eigenvalue weighted by Gasteiger charge is 2.11. The maximum atomic E-state index is 12.1. The van der Waals surface area contributed by atoms with Crippen molar-refractivity contribution in [3.05, 3.63) is 39.8 Å². The molecule has 1 amide bonds. The van der Waals surface area contributed by atoms with Crippen LogP contribution in [0.2, 0.25) is 0 Å². The van der Waals surface area contributed by atoms with Crippen LogP contribution in [0.3, 0.4) is 0 Å². The average Bonchev–Trinajstić information content (AvgIpc) is 2.97. The summed E-state index contributed by atoms with van der Waals surface area (Å²) in [4.78, 5) is 16.6. The first kappa shape index (κ1) is 17.4. The van der Waals surface area contributed by atoms with Crippen LogP contribution in [0.1, 0.15) is 43.0 Å². The fraction of sp³-hybridized carbons (Fsp3) is 0.412. The number of aromatic nitrogens is 1. The van der Waals surface area contributed by atoms with Gasteiger partial charge in [-0.2, -0.15) is 0 Å². The fourth-order valence-corrected chi connectivity index (χ4v) is 2.95. The van der Waals surface area contributed by atoms with Crippen LogP contribution >= 0.6 is 11.3 Å². The number of rotatable bonds is 7. The first-order valence-electron chi connectivity index (χ1n) is 7.64. The Hall–Kier alpha value is -1.92. The molecule has 2 rings (SSSR count). The summed E-state index contributed by atoms with van der Waals surface area (Å²) in [6, 6.07) is 5.25. The van der Waals surface area contributed by atoms with Gasteiger partial charge in [0, 0.05) is 22.5 Å². The number of ether oxygens (including phenoxy) is 1. The Balaban J connectivity index is 2.01. The number of hydrogen-bond acceptors (Lipinski definition) is 5. The minimum absolute atomic E-state index is 0.126. The highest BCUT2D eigenvalue weighted by atomic mass is 32.1. The molecule has 124 valence electrons. The van der Waals surface area contributed by atoms with Crippen molar-refractivity contribution >= 4 is 22.9 Å². The van der Waals surface area contributed by atoms with Crippen LogP contribution in [0.15, 0.2) is 23.6 Å². The van der Waals surface area contributed by atoms with E-state index in [0.717, 1.165) is 10.7 Å². The molecule has 0 aliphatic carbocycles. The molecular formula is C17H22N2O3S. The highest BCUT2D eigenvalue weighted by Crippen LogP contribution is 2.23. The van der Waals surface area contributed by atoms with E-state index in [9.17, 15) is 9.90 Å². The third-order valence-corrected chi connectivity index (χ3v) is 4.41. The third kappa shape index (κ3) is 4.77. The number of hydrogen-bond donors (Lipinski definition) is 2. The average molecular weight is 334 g/mol. The van der Waals surface area contributed by atoms with Gasteiger partial charge in [-0.25, -0.2) is 4.98 Å². The van der Waals surface area contributed by atoms with Gasteiger partial charge < -0.3 is 15.2 Å². The van der Waals surface area contributed by atoms with Crippen molar-refractivity contribution in [2.45, 2.75) is 39.7 Å². The number of aliphatic hydroxyl groups excluding tert-OH is 1. The number of carbonyl (C=O) groups is 1. The lowest BCUT2D eigenvalue weighted by Gasteiger charge is -2.11. The predicted octanol–water partition coefficient (Wildman–Crippen LogP) is 3.34. The molecule has 5 nitrogen and oxygen atoms in total. The number of aliphatic hydroxyl groups is 1. The zero-order valence-corrected chi connectivity index (χ0v) is 14.4. The van der Waals surface area contributed by atoms with E-state index in [4.69, 9.17) is 4.74 Å². The largest absolute Gasteiger partial charge is 0.494 e. The lowest BCUT2D eigenvalue weighted by Crippen LogP contribution is -2.15. The molecule has 0 aliphatic rings. The van der Waals surface area contributed by atoms with E-state index in [1.54, 1.807) is 29.5 Å².